The highest BCUT2D eigenvalue weighted by Gasteiger charge is 2.44. The first-order valence-electron chi connectivity index (χ1n) is 18.9. The van der Waals surface area contributed by atoms with Gasteiger partial charge in [-0.2, -0.15) is 21.6 Å². The van der Waals surface area contributed by atoms with Gasteiger partial charge in [0.2, 0.25) is 0 Å². The molecule has 0 spiro atoms. The number of aliphatic hydroxyl groups excluding tert-OH is 1. The van der Waals surface area contributed by atoms with Gasteiger partial charge in [0.05, 0.1) is 77.1 Å². The predicted molar refractivity (Wildman–Crippen MR) is 211 cm³/mol. The van der Waals surface area contributed by atoms with Crippen molar-refractivity contribution in [1.29, 1.82) is 0 Å². The Morgan fingerprint density at radius 1 is 0.615 bits per heavy atom. The van der Waals surface area contributed by atoms with Gasteiger partial charge in [0, 0.05) is 26.1 Å². The molecule has 0 atom stereocenters. The average Bonchev–Trinajstić information content (AvgIpc) is 3.01. The number of fused-ring (bicyclic) bond motifs is 2. The first kappa shape index (κ1) is 45.8. The van der Waals surface area contributed by atoms with Crippen LogP contribution >= 0.6 is 0 Å². The molecule has 0 radical (unpaired) electrons. The molecule has 1 aliphatic heterocycles. The highest BCUT2D eigenvalue weighted by atomic mass is 32.2. The normalized spacial score (nSPS) is 14.2. The van der Waals surface area contributed by atoms with Gasteiger partial charge >= 0.3 is 15.6 Å². The molecule has 298 valence electrons. The molecule has 1 heterocycles. The lowest BCUT2D eigenvalue weighted by Gasteiger charge is -2.42. The number of unbranched alkanes of at least 4 members (excludes halogenated alkanes) is 3. The monoisotopic (exact) mass is 758 g/mol. The van der Waals surface area contributed by atoms with Crippen LogP contribution in [0.15, 0.2) is 36.4 Å². The number of nitrogens with zero attached hydrogens (tertiary/aromatic N) is 4. The van der Waals surface area contributed by atoms with Gasteiger partial charge < -0.3 is 23.9 Å². The van der Waals surface area contributed by atoms with E-state index in [1.165, 1.54) is 79.1 Å². The number of hydrogen-bond donors (Lipinski definition) is 2. The van der Waals surface area contributed by atoms with E-state index in [1.807, 2.05) is 0 Å². The third-order valence-corrected chi connectivity index (χ3v) is 10.6. The maximum absolute atomic E-state index is 10.7. The molecule has 0 saturated carbocycles. The number of halogens is 3. The van der Waals surface area contributed by atoms with Crippen LogP contribution in [-0.4, -0.2) is 107 Å². The minimum Gasteiger partial charge on any atom is -0.396 e. The van der Waals surface area contributed by atoms with Gasteiger partial charge in [-0.05, 0) is 78.3 Å². The van der Waals surface area contributed by atoms with Crippen molar-refractivity contribution in [1.82, 2.24) is 0 Å². The SMILES string of the molecule is CCCC[N+](C)(C)CCCCN1c2cc(C(C)(C)C)ccc2N(CCCC[N+](C)(C)CCCO)c2cc(C(C)(C)C)ccc21.O=S(=O)(O)C(F)(F)F. The Morgan fingerprint density at radius 3 is 1.27 bits per heavy atom. The number of benzene rings is 2. The summed E-state index contributed by atoms with van der Waals surface area (Å²) in [6.45, 7) is 23.3. The van der Waals surface area contributed by atoms with Crippen molar-refractivity contribution < 1.29 is 40.2 Å². The second-order valence-corrected chi connectivity index (χ2v) is 19.2. The molecule has 0 amide bonds. The number of alkyl halides is 3. The van der Waals surface area contributed by atoms with Crippen molar-refractivity contribution in [2.45, 2.75) is 110 Å². The van der Waals surface area contributed by atoms with Crippen LogP contribution in [0.3, 0.4) is 0 Å². The topological polar surface area (TPSA) is 81.1 Å². The van der Waals surface area contributed by atoms with E-state index in [-0.39, 0.29) is 17.4 Å². The quantitative estimate of drug-likeness (QED) is 0.0770. The first-order valence-corrected chi connectivity index (χ1v) is 20.3. The van der Waals surface area contributed by atoms with E-state index in [9.17, 15) is 18.3 Å². The van der Waals surface area contributed by atoms with Crippen molar-refractivity contribution in [3.63, 3.8) is 0 Å². The smallest absolute Gasteiger partial charge is 0.396 e. The van der Waals surface area contributed by atoms with Gasteiger partial charge in [-0.25, -0.2) is 0 Å². The first-order chi connectivity index (χ1) is 23.7. The summed E-state index contributed by atoms with van der Waals surface area (Å²) in [5, 5.41) is 9.34. The van der Waals surface area contributed by atoms with Crippen molar-refractivity contribution in [2.75, 3.05) is 83.9 Å². The van der Waals surface area contributed by atoms with Crippen LogP contribution in [0.2, 0.25) is 0 Å². The van der Waals surface area contributed by atoms with Crippen LogP contribution in [0.4, 0.5) is 35.9 Å². The number of rotatable bonds is 16. The fourth-order valence-electron chi connectivity index (χ4n) is 6.54. The fourth-order valence-corrected chi connectivity index (χ4v) is 6.54. The molecule has 2 aromatic carbocycles. The predicted octanol–water partition coefficient (Wildman–Crippen LogP) is 9.16. The number of anilines is 4. The van der Waals surface area contributed by atoms with Gasteiger partial charge in [0.15, 0.2) is 0 Å². The largest absolute Gasteiger partial charge is 0.522 e. The van der Waals surface area contributed by atoms with Crippen LogP contribution in [0.25, 0.3) is 0 Å². The minimum atomic E-state index is -5.84. The Labute approximate surface area is 313 Å². The second kappa shape index (κ2) is 18.3. The van der Waals surface area contributed by atoms with E-state index < -0.39 is 15.6 Å². The van der Waals surface area contributed by atoms with Crippen molar-refractivity contribution in [3.8, 4) is 0 Å². The van der Waals surface area contributed by atoms with Gasteiger partial charge in [-0.3, -0.25) is 4.55 Å². The van der Waals surface area contributed by atoms with Crippen LogP contribution in [-0.2, 0) is 20.9 Å². The van der Waals surface area contributed by atoms with Crippen molar-refractivity contribution in [2.24, 2.45) is 0 Å². The molecule has 0 saturated heterocycles. The summed E-state index contributed by atoms with van der Waals surface area (Å²) in [6, 6.07) is 14.5. The third-order valence-electron chi connectivity index (χ3n) is 9.97. The Balaban J connectivity index is 0.00000104. The Morgan fingerprint density at radius 2 is 0.962 bits per heavy atom. The molecule has 12 heteroatoms. The van der Waals surface area contributed by atoms with Gasteiger partial charge in [0.25, 0.3) is 0 Å². The van der Waals surface area contributed by atoms with E-state index >= 15 is 0 Å². The third kappa shape index (κ3) is 13.8. The maximum Gasteiger partial charge on any atom is 0.522 e. The molecule has 52 heavy (non-hydrogen) atoms. The molecule has 0 bridgehead atoms. The summed E-state index contributed by atoms with van der Waals surface area (Å²) in [5.74, 6) is 0. The fraction of sp³-hybridized carbons (Fsp3) is 0.700. The molecular weight excluding hydrogens is 690 g/mol. The van der Waals surface area contributed by atoms with E-state index in [4.69, 9.17) is 13.0 Å². The summed E-state index contributed by atoms with van der Waals surface area (Å²) in [4.78, 5) is 5.27. The van der Waals surface area contributed by atoms with Gasteiger partial charge in [0.1, 0.15) is 0 Å². The zero-order valence-corrected chi connectivity index (χ0v) is 34.7. The Hall–Kier alpha value is -2.38. The number of quaternary nitrogens is 2. The van der Waals surface area contributed by atoms with Crippen molar-refractivity contribution in [3.05, 3.63) is 47.5 Å². The molecule has 0 aromatic heterocycles. The van der Waals surface area contributed by atoms with Crippen LogP contribution in [0.1, 0.15) is 105 Å². The average molecular weight is 759 g/mol. The van der Waals surface area contributed by atoms with Crippen LogP contribution in [0.5, 0.6) is 0 Å². The molecule has 8 nitrogen and oxygen atoms in total. The number of hydrogen-bond acceptors (Lipinski definition) is 5. The minimum absolute atomic E-state index is 0.0953. The maximum atomic E-state index is 10.7. The highest BCUT2D eigenvalue weighted by Crippen LogP contribution is 2.50. The summed E-state index contributed by atoms with van der Waals surface area (Å²) in [7, 11) is 3.55. The lowest BCUT2D eigenvalue weighted by atomic mass is 9.85. The molecule has 1 aliphatic rings. The van der Waals surface area contributed by atoms with Gasteiger partial charge in [-0.1, -0.05) is 67.0 Å². The molecule has 0 aliphatic carbocycles. The second-order valence-electron chi connectivity index (χ2n) is 17.7. The van der Waals surface area contributed by atoms with E-state index in [0.29, 0.717) is 0 Å². The molecule has 0 fully saturated rings. The molecule has 2 aromatic rings. The zero-order valence-electron chi connectivity index (χ0n) is 33.9. The molecule has 2 N–H and O–H groups in total. The summed E-state index contributed by atoms with van der Waals surface area (Å²) >= 11 is 0. The zero-order chi connectivity index (χ0) is 39.8. The standard InChI is InChI=1S/C39H68N4O.CHF3O3S/c1-12-13-25-42(8,9)26-16-14-23-40-34-21-19-33(39(5,6)7)31-37(34)41(24-15-17-27-43(10,11)28-18-29-44)35-22-20-32(30-36(35)40)38(2,3)4;2-1(3,4)8(5,6)7/h19-22,30-31,44H,12-18,23-29H2,1-11H3;(H,5,6,7)/q+2;. The van der Waals surface area contributed by atoms with Crippen molar-refractivity contribution >= 4 is 32.9 Å². The lowest BCUT2D eigenvalue weighted by molar-refractivity contribution is -0.890. The Kier molecular flexibility index (Phi) is 16.1. The van der Waals surface area contributed by atoms with Crippen LogP contribution in [0, 0.1) is 0 Å². The Bertz CT molecular complexity index is 1440. The lowest BCUT2D eigenvalue weighted by Crippen LogP contribution is -2.42. The molecule has 3 rings (SSSR count). The van der Waals surface area contributed by atoms with E-state index in [1.54, 1.807) is 0 Å². The van der Waals surface area contributed by atoms with E-state index in [2.05, 4.69) is 123 Å². The summed E-state index contributed by atoms with van der Waals surface area (Å²) < 4.78 is 59.6. The number of aliphatic hydroxyl groups is 1. The molecular formula is C40H69F3N4O4S+2. The summed E-state index contributed by atoms with van der Waals surface area (Å²) in [5.41, 5.74) is 2.89. The molecule has 0 unspecified atom stereocenters. The van der Waals surface area contributed by atoms with Crippen LogP contribution < -0.4 is 9.80 Å². The highest BCUT2D eigenvalue weighted by molar-refractivity contribution is 7.86. The van der Waals surface area contributed by atoms with E-state index in [0.717, 1.165) is 48.0 Å². The van der Waals surface area contributed by atoms with Gasteiger partial charge in [-0.15, -0.1) is 0 Å². The summed E-state index contributed by atoms with van der Waals surface area (Å²) in [6.07, 6.45) is 8.20.